The standard InChI is InChI=1S/C21H29N7O2/c1-4-16(15(2)3)14-28-8-6-17-11-25-21(27-20(17)28)26-18(10-23)12-24-13-19(29)30-9-5-7-22/h6,8,10-12,15-16H,4-5,9,13-14,23H2,1-3H3,(H,25,26,27). The number of carbonyl (C=O) groups is 1. The number of allylic oxidation sites excluding steroid dienone is 1. The molecule has 0 aliphatic carbocycles. The van der Waals surface area contributed by atoms with E-state index < -0.39 is 5.97 Å². The van der Waals surface area contributed by atoms with Crippen LogP contribution in [0.4, 0.5) is 5.95 Å². The van der Waals surface area contributed by atoms with Crippen molar-refractivity contribution in [2.24, 2.45) is 22.6 Å². The Bertz CT molecular complexity index is 940. The number of esters is 1. The number of nitrogens with two attached hydrogens (primary N) is 1. The Hall–Kier alpha value is -3.41. The van der Waals surface area contributed by atoms with E-state index in [1.54, 1.807) is 6.20 Å². The zero-order valence-corrected chi connectivity index (χ0v) is 17.7. The SMILES string of the molecule is CCC(Cn1ccc2cnc(NC(C=NCC(=O)OCCC#N)=CN)nc21)C(C)C. The minimum absolute atomic E-state index is 0.0614. The lowest BCUT2D eigenvalue weighted by molar-refractivity contribution is -0.141. The summed E-state index contributed by atoms with van der Waals surface area (Å²) in [7, 11) is 0. The van der Waals surface area contributed by atoms with E-state index in [0.717, 1.165) is 24.0 Å². The zero-order valence-electron chi connectivity index (χ0n) is 17.7. The summed E-state index contributed by atoms with van der Waals surface area (Å²) in [6, 6.07) is 3.91. The Kier molecular flexibility index (Phi) is 8.81. The Balaban J connectivity index is 2.05. The van der Waals surface area contributed by atoms with Crippen molar-refractivity contribution < 1.29 is 9.53 Å². The lowest BCUT2D eigenvalue weighted by atomic mass is 9.93. The van der Waals surface area contributed by atoms with Crippen molar-refractivity contribution in [3.05, 3.63) is 30.4 Å². The first-order valence-corrected chi connectivity index (χ1v) is 10.0. The molecule has 1 atom stereocenters. The Labute approximate surface area is 176 Å². The topological polar surface area (TPSA) is 131 Å². The lowest BCUT2D eigenvalue weighted by Crippen LogP contribution is -2.15. The molecule has 30 heavy (non-hydrogen) atoms. The van der Waals surface area contributed by atoms with Crippen molar-refractivity contribution in [1.29, 1.82) is 5.26 Å². The predicted molar refractivity (Wildman–Crippen MR) is 117 cm³/mol. The molecule has 3 N–H and O–H groups in total. The number of aromatic nitrogens is 3. The second-order valence-electron chi connectivity index (χ2n) is 7.20. The Morgan fingerprint density at radius 1 is 1.50 bits per heavy atom. The molecule has 0 spiro atoms. The van der Waals surface area contributed by atoms with Crippen molar-refractivity contribution in [1.82, 2.24) is 14.5 Å². The molecule has 0 aliphatic heterocycles. The van der Waals surface area contributed by atoms with Crippen LogP contribution in [0.25, 0.3) is 11.0 Å². The summed E-state index contributed by atoms with van der Waals surface area (Å²) in [4.78, 5) is 24.5. The number of nitrogens with one attached hydrogen (secondary N) is 1. The Morgan fingerprint density at radius 3 is 2.97 bits per heavy atom. The highest BCUT2D eigenvalue weighted by Gasteiger charge is 2.14. The largest absolute Gasteiger partial charge is 0.463 e. The molecule has 0 saturated carbocycles. The maximum absolute atomic E-state index is 11.5. The minimum atomic E-state index is -0.510. The number of carbonyl (C=O) groups excluding carboxylic acids is 1. The van der Waals surface area contributed by atoms with Crippen LogP contribution in [0.5, 0.6) is 0 Å². The van der Waals surface area contributed by atoms with E-state index in [0.29, 0.717) is 23.5 Å². The van der Waals surface area contributed by atoms with E-state index in [2.05, 4.69) is 45.6 Å². The van der Waals surface area contributed by atoms with Gasteiger partial charge in [0.2, 0.25) is 5.95 Å². The molecule has 0 fully saturated rings. The van der Waals surface area contributed by atoms with Crippen LogP contribution in [0, 0.1) is 23.2 Å². The lowest BCUT2D eigenvalue weighted by Gasteiger charge is -2.20. The molecule has 0 bridgehead atoms. The number of hydrogen-bond donors (Lipinski definition) is 2. The highest BCUT2D eigenvalue weighted by atomic mass is 16.5. The highest BCUT2D eigenvalue weighted by molar-refractivity contribution is 5.85. The van der Waals surface area contributed by atoms with Gasteiger partial charge in [-0.2, -0.15) is 10.2 Å². The summed E-state index contributed by atoms with van der Waals surface area (Å²) >= 11 is 0. The van der Waals surface area contributed by atoms with Crippen molar-refractivity contribution in [2.75, 3.05) is 18.5 Å². The van der Waals surface area contributed by atoms with E-state index in [9.17, 15) is 4.79 Å². The second kappa shape index (κ2) is 11.6. The summed E-state index contributed by atoms with van der Waals surface area (Å²) in [6.45, 7) is 7.46. The highest BCUT2D eigenvalue weighted by Crippen LogP contribution is 2.21. The molecule has 0 saturated heterocycles. The summed E-state index contributed by atoms with van der Waals surface area (Å²) in [5.41, 5.74) is 6.94. The van der Waals surface area contributed by atoms with Gasteiger partial charge in [-0.25, -0.2) is 4.98 Å². The van der Waals surface area contributed by atoms with Crippen LogP contribution >= 0.6 is 0 Å². The van der Waals surface area contributed by atoms with Gasteiger partial charge in [0.15, 0.2) is 0 Å². The molecule has 2 aromatic heterocycles. The number of nitrogens with zero attached hydrogens (tertiary/aromatic N) is 5. The average molecular weight is 412 g/mol. The quantitative estimate of drug-likeness (QED) is 0.330. The fraction of sp³-hybridized carbons (Fsp3) is 0.476. The van der Waals surface area contributed by atoms with Gasteiger partial charge >= 0.3 is 5.97 Å². The molecule has 9 heteroatoms. The first-order valence-electron chi connectivity index (χ1n) is 10.0. The van der Waals surface area contributed by atoms with E-state index in [-0.39, 0.29) is 19.6 Å². The summed E-state index contributed by atoms with van der Waals surface area (Å²) in [5.74, 6) is 1.02. The summed E-state index contributed by atoms with van der Waals surface area (Å²) in [6.07, 6.45) is 7.79. The average Bonchev–Trinajstić information content (AvgIpc) is 3.13. The normalized spacial score (nSPS) is 13.0. The van der Waals surface area contributed by atoms with Crippen LogP contribution in [-0.2, 0) is 16.1 Å². The third-order valence-electron chi connectivity index (χ3n) is 4.76. The van der Waals surface area contributed by atoms with Gasteiger partial charge in [0, 0.05) is 36.7 Å². The van der Waals surface area contributed by atoms with Crippen LogP contribution in [0.15, 0.2) is 35.3 Å². The molecule has 0 aromatic carbocycles. The Morgan fingerprint density at radius 2 is 2.30 bits per heavy atom. The molecule has 9 nitrogen and oxygen atoms in total. The van der Waals surface area contributed by atoms with Crippen LogP contribution in [0.2, 0.25) is 0 Å². The fourth-order valence-electron chi connectivity index (χ4n) is 2.96. The third kappa shape index (κ3) is 6.58. The van der Waals surface area contributed by atoms with Crippen LogP contribution in [0.3, 0.4) is 0 Å². The molecule has 2 aromatic rings. The fourth-order valence-corrected chi connectivity index (χ4v) is 2.96. The number of hydrogen-bond acceptors (Lipinski definition) is 8. The summed E-state index contributed by atoms with van der Waals surface area (Å²) in [5, 5.41) is 12.4. The van der Waals surface area contributed by atoms with E-state index >= 15 is 0 Å². The van der Waals surface area contributed by atoms with Crippen molar-refractivity contribution >= 4 is 29.2 Å². The maximum Gasteiger partial charge on any atom is 0.327 e. The molecular weight excluding hydrogens is 382 g/mol. The molecule has 2 heterocycles. The molecular formula is C21H29N7O2. The van der Waals surface area contributed by atoms with Gasteiger partial charge in [-0.05, 0) is 17.9 Å². The molecule has 0 aliphatic rings. The van der Waals surface area contributed by atoms with Gasteiger partial charge in [0.25, 0.3) is 0 Å². The summed E-state index contributed by atoms with van der Waals surface area (Å²) < 4.78 is 7.00. The minimum Gasteiger partial charge on any atom is -0.463 e. The van der Waals surface area contributed by atoms with Gasteiger partial charge in [-0.3, -0.25) is 9.79 Å². The van der Waals surface area contributed by atoms with Gasteiger partial charge in [-0.15, -0.1) is 0 Å². The first-order chi connectivity index (χ1) is 14.5. The number of anilines is 1. The number of fused-ring (bicyclic) bond motifs is 1. The zero-order chi connectivity index (χ0) is 21.9. The van der Waals surface area contributed by atoms with E-state index in [1.807, 2.05) is 18.3 Å². The van der Waals surface area contributed by atoms with Gasteiger partial charge in [0.1, 0.15) is 18.8 Å². The predicted octanol–water partition coefficient (Wildman–Crippen LogP) is 2.85. The molecule has 1 unspecified atom stereocenters. The molecule has 0 amide bonds. The molecule has 0 radical (unpaired) electrons. The van der Waals surface area contributed by atoms with Gasteiger partial charge in [0.05, 0.1) is 18.2 Å². The van der Waals surface area contributed by atoms with Gasteiger partial charge < -0.3 is 20.4 Å². The first kappa shape index (κ1) is 22.9. The number of rotatable bonds is 11. The van der Waals surface area contributed by atoms with Gasteiger partial charge in [-0.1, -0.05) is 27.2 Å². The maximum atomic E-state index is 11.5. The smallest absolute Gasteiger partial charge is 0.327 e. The van der Waals surface area contributed by atoms with E-state index in [4.69, 9.17) is 15.7 Å². The van der Waals surface area contributed by atoms with Crippen LogP contribution in [-0.4, -0.2) is 39.9 Å². The third-order valence-corrected chi connectivity index (χ3v) is 4.76. The number of aliphatic imine (C=N–C) groups is 1. The molecule has 2 rings (SSSR count). The van der Waals surface area contributed by atoms with Crippen molar-refractivity contribution in [3.63, 3.8) is 0 Å². The monoisotopic (exact) mass is 411 g/mol. The molecule has 160 valence electrons. The van der Waals surface area contributed by atoms with Crippen LogP contribution in [0.1, 0.15) is 33.6 Å². The second-order valence-corrected chi connectivity index (χ2v) is 7.20. The number of ether oxygens (including phenoxy) is 1. The van der Waals surface area contributed by atoms with Crippen LogP contribution < -0.4 is 11.1 Å². The van der Waals surface area contributed by atoms with E-state index in [1.165, 1.54) is 12.4 Å². The van der Waals surface area contributed by atoms with Crippen molar-refractivity contribution in [2.45, 2.75) is 40.2 Å². The number of nitriles is 1. The van der Waals surface area contributed by atoms with Crippen molar-refractivity contribution in [3.8, 4) is 6.07 Å².